The van der Waals surface area contributed by atoms with Gasteiger partial charge >= 0.3 is 0 Å². The summed E-state index contributed by atoms with van der Waals surface area (Å²) in [5, 5.41) is 2.98. The van der Waals surface area contributed by atoms with Crippen molar-refractivity contribution in [3.63, 3.8) is 0 Å². The number of anilines is 1. The van der Waals surface area contributed by atoms with E-state index in [4.69, 9.17) is 4.74 Å². The van der Waals surface area contributed by atoms with Crippen molar-refractivity contribution in [2.24, 2.45) is 0 Å². The molecule has 0 aliphatic heterocycles. The number of carbonyl (C=O) groups excluding carboxylic acids is 1. The van der Waals surface area contributed by atoms with Gasteiger partial charge in [0.05, 0.1) is 10.3 Å². The summed E-state index contributed by atoms with van der Waals surface area (Å²) in [4.78, 5) is 12.8. The van der Waals surface area contributed by atoms with Gasteiger partial charge < -0.3 is 10.1 Å². The Bertz CT molecular complexity index is 963. The fourth-order valence-corrected chi connectivity index (χ4v) is 4.52. The standard InChI is InChI=1S/C23H30N2O4S/c1-17(2)18-5-11-21(12-6-18)30(27,28)25-20-9-7-19(8-10-20)23(13-14-23)22(26)24-15-4-16-29-3/h5-12,17,25H,4,13-16H2,1-3H3,(H,24,26). The average molecular weight is 431 g/mol. The zero-order valence-corrected chi connectivity index (χ0v) is 18.6. The molecule has 0 bridgehead atoms. The molecule has 162 valence electrons. The lowest BCUT2D eigenvalue weighted by Gasteiger charge is -2.16. The molecule has 2 N–H and O–H groups in total. The van der Waals surface area contributed by atoms with Crippen LogP contribution in [0.2, 0.25) is 0 Å². The van der Waals surface area contributed by atoms with E-state index in [1.807, 2.05) is 24.3 Å². The summed E-state index contributed by atoms with van der Waals surface area (Å²) in [6, 6.07) is 14.0. The zero-order chi connectivity index (χ0) is 21.8. The van der Waals surface area contributed by atoms with Gasteiger partial charge in [-0.05, 0) is 60.6 Å². The van der Waals surface area contributed by atoms with E-state index in [2.05, 4.69) is 23.9 Å². The maximum absolute atomic E-state index is 12.7. The van der Waals surface area contributed by atoms with Crippen LogP contribution in [0.15, 0.2) is 53.4 Å². The van der Waals surface area contributed by atoms with E-state index < -0.39 is 15.4 Å². The van der Waals surface area contributed by atoms with E-state index in [1.54, 1.807) is 31.4 Å². The van der Waals surface area contributed by atoms with Crippen molar-refractivity contribution in [2.75, 3.05) is 25.0 Å². The molecule has 0 saturated heterocycles. The van der Waals surface area contributed by atoms with Crippen LogP contribution < -0.4 is 10.0 Å². The highest BCUT2D eigenvalue weighted by Gasteiger charge is 2.50. The number of methoxy groups -OCH3 is 1. The number of ether oxygens (including phenoxy) is 1. The molecule has 1 aliphatic rings. The monoisotopic (exact) mass is 430 g/mol. The van der Waals surface area contributed by atoms with E-state index in [-0.39, 0.29) is 10.8 Å². The second-order valence-electron chi connectivity index (χ2n) is 8.09. The normalized spacial score (nSPS) is 15.1. The van der Waals surface area contributed by atoms with Crippen LogP contribution in [-0.2, 0) is 25.0 Å². The first kappa shape index (κ1) is 22.3. The molecule has 0 spiro atoms. The fraction of sp³-hybridized carbons (Fsp3) is 0.435. The quantitative estimate of drug-likeness (QED) is 0.562. The molecule has 7 heteroatoms. The second kappa shape index (κ2) is 9.18. The van der Waals surface area contributed by atoms with Gasteiger partial charge in [0.1, 0.15) is 0 Å². The Morgan fingerprint density at radius 3 is 2.23 bits per heavy atom. The Balaban J connectivity index is 1.66. The number of nitrogens with one attached hydrogen (secondary N) is 2. The SMILES string of the molecule is COCCCNC(=O)C1(c2ccc(NS(=O)(=O)c3ccc(C(C)C)cc3)cc2)CC1. The molecule has 2 aromatic rings. The van der Waals surface area contributed by atoms with E-state index in [1.165, 1.54) is 0 Å². The van der Waals surface area contributed by atoms with E-state index in [0.29, 0.717) is 24.8 Å². The second-order valence-corrected chi connectivity index (χ2v) is 9.77. The molecule has 6 nitrogen and oxygen atoms in total. The minimum Gasteiger partial charge on any atom is -0.385 e. The van der Waals surface area contributed by atoms with Crippen LogP contribution in [0.25, 0.3) is 0 Å². The van der Waals surface area contributed by atoms with E-state index in [0.717, 1.165) is 30.4 Å². The number of amides is 1. The highest BCUT2D eigenvalue weighted by Crippen LogP contribution is 2.48. The van der Waals surface area contributed by atoms with E-state index >= 15 is 0 Å². The first-order valence-corrected chi connectivity index (χ1v) is 11.8. The third-order valence-electron chi connectivity index (χ3n) is 5.54. The largest absolute Gasteiger partial charge is 0.385 e. The molecule has 3 rings (SSSR count). The van der Waals surface area contributed by atoms with Gasteiger partial charge in [-0.2, -0.15) is 0 Å². The molecule has 0 unspecified atom stereocenters. The zero-order valence-electron chi connectivity index (χ0n) is 17.8. The molecule has 0 atom stereocenters. The predicted octanol–water partition coefficient (Wildman–Crippen LogP) is 3.80. The lowest BCUT2D eigenvalue weighted by Crippen LogP contribution is -2.35. The summed E-state index contributed by atoms with van der Waals surface area (Å²) < 4.78 is 33.0. The van der Waals surface area contributed by atoms with Crippen molar-refractivity contribution in [3.05, 3.63) is 59.7 Å². The lowest BCUT2D eigenvalue weighted by molar-refractivity contribution is -0.123. The Hall–Kier alpha value is -2.38. The van der Waals surface area contributed by atoms with Crippen molar-refractivity contribution in [2.45, 2.75) is 49.3 Å². The van der Waals surface area contributed by atoms with Gasteiger partial charge in [0.2, 0.25) is 5.91 Å². The number of carbonyl (C=O) groups is 1. The number of hydrogen-bond acceptors (Lipinski definition) is 4. The van der Waals surface area contributed by atoms with Gasteiger partial charge in [-0.3, -0.25) is 9.52 Å². The van der Waals surface area contributed by atoms with Crippen LogP contribution in [-0.4, -0.2) is 34.6 Å². The molecule has 1 fully saturated rings. The number of benzene rings is 2. The number of hydrogen-bond donors (Lipinski definition) is 2. The third-order valence-corrected chi connectivity index (χ3v) is 6.94. The molecule has 0 aromatic heterocycles. The Kier molecular flexibility index (Phi) is 6.83. The maximum Gasteiger partial charge on any atom is 0.261 e. The first-order valence-electron chi connectivity index (χ1n) is 10.3. The highest BCUT2D eigenvalue weighted by atomic mass is 32.2. The minimum atomic E-state index is -3.66. The summed E-state index contributed by atoms with van der Waals surface area (Å²) in [5.41, 5.74) is 1.99. The van der Waals surface area contributed by atoms with Gasteiger partial charge in [-0.1, -0.05) is 38.1 Å². The van der Waals surface area contributed by atoms with Crippen molar-refractivity contribution >= 4 is 21.6 Å². The Morgan fingerprint density at radius 2 is 1.70 bits per heavy atom. The summed E-state index contributed by atoms with van der Waals surface area (Å²) in [6.07, 6.45) is 2.38. The topological polar surface area (TPSA) is 84.5 Å². The fourth-order valence-electron chi connectivity index (χ4n) is 3.46. The minimum absolute atomic E-state index is 0.0252. The van der Waals surface area contributed by atoms with Gasteiger partial charge in [-0.25, -0.2) is 8.42 Å². The number of sulfonamides is 1. The van der Waals surface area contributed by atoms with Crippen LogP contribution in [0, 0.1) is 0 Å². The van der Waals surface area contributed by atoms with Crippen LogP contribution >= 0.6 is 0 Å². The summed E-state index contributed by atoms with van der Waals surface area (Å²) in [6.45, 7) is 5.33. The molecular weight excluding hydrogens is 400 g/mol. The molecular formula is C23H30N2O4S. The molecule has 0 radical (unpaired) electrons. The summed E-state index contributed by atoms with van der Waals surface area (Å²) in [5.74, 6) is 0.367. The van der Waals surface area contributed by atoms with E-state index in [9.17, 15) is 13.2 Å². The van der Waals surface area contributed by atoms with Gasteiger partial charge in [0.25, 0.3) is 10.0 Å². The van der Waals surface area contributed by atoms with Crippen LogP contribution in [0.3, 0.4) is 0 Å². The van der Waals surface area contributed by atoms with Crippen LogP contribution in [0.1, 0.15) is 50.2 Å². The summed E-state index contributed by atoms with van der Waals surface area (Å²) in [7, 11) is -2.02. The molecule has 1 aliphatic carbocycles. The first-order chi connectivity index (χ1) is 14.3. The van der Waals surface area contributed by atoms with Crippen LogP contribution in [0.5, 0.6) is 0 Å². The van der Waals surface area contributed by atoms with Crippen molar-refractivity contribution in [1.82, 2.24) is 5.32 Å². The highest BCUT2D eigenvalue weighted by molar-refractivity contribution is 7.92. The lowest BCUT2D eigenvalue weighted by atomic mass is 9.95. The number of rotatable bonds is 10. The Labute approximate surface area is 179 Å². The van der Waals surface area contributed by atoms with Crippen molar-refractivity contribution in [3.8, 4) is 0 Å². The van der Waals surface area contributed by atoms with Gasteiger partial charge in [0.15, 0.2) is 0 Å². The van der Waals surface area contributed by atoms with Crippen molar-refractivity contribution < 1.29 is 17.9 Å². The molecule has 1 saturated carbocycles. The smallest absolute Gasteiger partial charge is 0.261 e. The van der Waals surface area contributed by atoms with Crippen LogP contribution in [0.4, 0.5) is 5.69 Å². The van der Waals surface area contributed by atoms with Gasteiger partial charge in [-0.15, -0.1) is 0 Å². The average Bonchev–Trinajstić information content (AvgIpc) is 3.53. The predicted molar refractivity (Wildman–Crippen MR) is 118 cm³/mol. The Morgan fingerprint density at radius 1 is 1.07 bits per heavy atom. The molecule has 2 aromatic carbocycles. The third kappa shape index (κ3) is 5.02. The molecule has 0 heterocycles. The van der Waals surface area contributed by atoms with Gasteiger partial charge in [0, 0.05) is 25.9 Å². The van der Waals surface area contributed by atoms with Crippen molar-refractivity contribution in [1.29, 1.82) is 0 Å². The molecule has 30 heavy (non-hydrogen) atoms. The maximum atomic E-state index is 12.7. The summed E-state index contributed by atoms with van der Waals surface area (Å²) >= 11 is 0. The molecule has 1 amide bonds.